The molecule has 2 aromatic rings. The number of nitrogens with one attached hydrogen (secondary N) is 1. The van der Waals surface area contributed by atoms with Crippen molar-refractivity contribution < 1.29 is 0 Å². The number of hydrogen-bond acceptors (Lipinski definition) is 4. The molecule has 104 valence electrons. The summed E-state index contributed by atoms with van der Waals surface area (Å²) in [5.74, 6) is 0. The highest BCUT2D eigenvalue weighted by Crippen LogP contribution is 2.20. The zero-order valence-corrected chi connectivity index (χ0v) is 12.1. The van der Waals surface area contributed by atoms with Gasteiger partial charge >= 0.3 is 0 Å². The summed E-state index contributed by atoms with van der Waals surface area (Å²) >= 11 is 0. The molecule has 0 bridgehead atoms. The maximum Gasteiger partial charge on any atom is 0.0845 e. The van der Waals surface area contributed by atoms with E-state index in [0.29, 0.717) is 0 Å². The van der Waals surface area contributed by atoms with Crippen molar-refractivity contribution in [2.24, 2.45) is 14.1 Å². The van der Waals surface area contributed by atoms with Gasteiger partial charge in [-0.15, -0.1) is 5.10 Å². The zero-order chi connectivity index (χ0) is 13.8. The molecule has 1 N–H and O–H groups in total. The molecule has 0 saturated carbocycles. The van der Waals surface area contributed by atoms with E-state index in [-0.39, 0.29) is 6.04 Å². The van der Waals surface area contributed by atoms with E-state index in [0.717, 1.165) is 25.1 Å². The molecule has 6 nitrogen and oxygen atoms in total. The molecular formula is C13H22N6. The van der Waals surface area contributed by atoms with Gasteiger partial charge in [-0.3, -0.25) is 9.36 Å². The summed E-state index contributed by atoms with van der Waals surface area (Å²) in [6, 6.07) is 0.241. The van der Waals surface area contributed by atoms with Gasteiger partial charge in [0.1, 0.15) is 0 Å². The smallest absolute Gasteiger partial charge is 0.0845 e. The van der Waals surface area contributed by atoms with Crippen LogP contribution in [0.15, 0.2) is 12.4 Å². The summed E-state index contributed by atoms with van der Waals surface area (Å²) < 4.78 is 3.65. The standard InChI is InChI=1S/C13H22N6/c1-5-6-14-13(7-11-9-18(3)17-16-11)12-8-15-19(4)10(12)2/h8-9,13-14H,5-7H2,1-4H3. The van der Waals surface area contributed by atoms with Crippen molar-refractivity contribution >= 4 is 0 Å². The van der Waals surface area contributed by atoms with E-state index in [1.807, 2.05) is 31.2 Å². The lowest BCUT2D eigenvalue weighted by atomic mass is 10.0. The van der Waals surface area contributed by atoms with Crippen molar-refractivity contribution in [2.75, 3.05) is 6.54 Å². The van der Waals surface area contributed by atoms with E-state index in [1.165, 1.54) is 11.3 Å². The monoisotopic (exact) mass is 262 g/mol. The summed E-state index contributed by atoms with van der Waals surface area (Å²) in [7, 11) is 3.86. The van der Waals surface area contributed by atoms with Crippen molar-refractivity contribution in [1.29, 1.82) is 0 Å². The Morgan fingerprint density at radius 1 is 1.37 bits per heavy atom. The predicted molar refractivity (Wildman–Crippen MR) is 73.7 cm³/mol. The number of nitrogens with zero attached hydrogens (tertiary/aromatic N) is 5. The van der Waals surface area contributed by atoms with Crippen LogP contribution < -0.4 is 5.32 Å². The molecule has 1 unspecified atom stereocenters. The lowest BCUT2D eigenvalue weighted by molar-refractivity contribution is 0.521. The number of hydrogen-bond donors (Lipinski definition) is 1. The van der Waals surface area contributed by atoms with Crippen LogP contribution in [0.3, 0.4) is 0 Å². The lowest BCUT2D eigenvalue weighted by Gasteiger charge is -2.17. The van der Waals surface area contributed by atoms with Gasteiger partial charge in [0.25, 0.3) is 0 Å². The molecule has 0 aromatic carbocycles. The second kappa shape index (κ2) is 5.97. The van der Waals surface area contributed by atoms with Crippen LogP contribution >= 0.6 is 0 Å². The van der Waals surface area contributed by atoms with Crippen molar-refractivity contribution in [3.63, 3.8) is 0 Å². The molecule has 2 heterocycles. The highest BCUT2D eigenvalue weighted by molar-refractivity contribution is 5.22. The lowest BCUT2D eigenvalue weighted by Crippen LogP contribution is -2.24. The molecule has 0 aliphatic heterocycles. The predicted octanol–water partition coefficient (Wildman–Crippen LogP) is 1.14. The molecule has 6 heteroatoms. The Labute approximate surface area is 113 Å². The Kier molecular flexibility index (Phi) is 4.31. The average molecular weight is 262 g/mol. The fraction of sp³-hybridized carbons (Fsp3) is 0.615. The second-order valence-electron chi connectivity index (χ2n) is 4.90. The maximum atomic E-state index is 4.33. The summed E-state index contributed by atoms with van der Waals surface area (Å²) in [6.45, 7) is 5.25. The molecule has 0 radical (unpaired) electrons. The minimum atomic E-state index is 0.241. The molecular weight excluding hydrogens is 240 g/mol. The van der Waals surface area contributed by atoms with Gasteiger partial charge in [0.05, 0.1) is 11.9 Å². The van der Waals surface area contributed by atoms with Crippen LogP contribution in [0.2, 0.25) is 0 Å². The van der Waals surface area contributed by atoms with Gasteiger partial charge in [-0.25, -0.2) is 0 Å². The van der Waals surface area contributed by atoms with Gasteiger partial charge < -0.3 is 5.32 Å². The van der Waals surface area contributed by atoms with Crippen LogP contribution in [-0.2, 0) is 20.5 Å². The Bertz CT molecular complexity index is 527. The molecule has 2 rings (SSSR count). The van der Waals surface area contributed by atoms with E-state index in [4.69, 9.17) is 0 Å². The van der Waals surface area contributed by atoms with E-state index in [1.54, 1.807) is 4.68 Å². The third-order valence-electron chi connectivity index (χ3n) is 3.35. The van der Waals surface area contributed by atoms with Crippen molar-refractivity contribution in [1.82, 2.24) is 30.1 Å². The largest absolute Gasteiger partial charge is 0.309 e. The Balaban J connectivity index is 2.18. The van der Waals surface area contributed by atoms with Gasteiger partial charge in [0.2, 0.25) is 0 Å². The second-order valence-corrected chi connectivity index (χ2v) is 4.90. The number of aryl methyl sites for hydroxylation is 2. The molecule has 0 aliphatic rings. The number of rotatable bonds is 6. The fourth-order valence-corrected chi connectivity index (χ4v) is 2.17. The fourth-order valence-electron chi connectivity index (χ4n) is 2.17. The normalized spacial score (nSPS) is 12.8. The minimum Gasteiger partial charge on any atom is -0.309 e. The summed E-state index contributed by atoms with van der Waals surface area (Å²) in [6.07, 6.45) is 5.85. The van der Waals surface area contributed by atoms with E-state index < -0.39 is 0 Å². The Hall–Kier alpha value is -1.69. The SMILES string of the molecule is CCCNC(Cc1cn(C)nn1)c1cnn(C)c1C. The first-order chi connectivity index (χ1) is 9.11. The third kappa shape index (κ3) is 3.20. The first kappa shape index (κ1) is 13.7. The van der Waals surface area contributed by atoms with Gasteiger partial charge in [-0.05, 0) is 19.9 Å². The molecule has 0 saturated heterocycles. The van der Waals surface area contributed by atoms with Gasteiger partial charge in [-0.1, -0.05) is 12.1 Å². The highest BCUT2D eigenvalue weighted by atomic mass is 15.4. The Morgan fingerprint density at radius 2 is 2.16 bits per heavy atom. The van der Waals surface area contributed by atoms with Crippen LogP contribution in [0.5, 0.6) is 0 Å². The van der Waals surface area contributed by atoms with Crippen molar-refractivity contribution in [2.45, 2.75) is 32.7 Å². The summed E-state index contributed by atoms with van der Waals surface area (Å²) in [5.41, 5.74) is 3.43. The Morgan fingerprint density at radius 3 is 2.68 bits per heavy atom. The van der Waals surface area contributed by atoms with Gasteiger partial charge in [-0.2, -0.15) is 5.10 Å². The quantitative estimate of drug-likeness (QED) is 0.848. The number of aromatic nitrogens is 5. The zero-order valence-electron chi connectivity index (χ0n) is 12.1. The average Bonchev–Trinajstić information content (AvgIpc) is 2.93. The minimum absolute atomic E-state index is 0.241. The molecule has 19 heavy (non-hydrogen) atoms. The van der Waals surface area contributed by atoms with Crippen molar-refractivity contribution in [3.8, 4) is 0 Å². The molecule has 0 spiro atoms. The van der Waals surface area contributed by atoms with Gasteiger partial charge in [0, 0.05) is 44.0 Å². The maximum absolute atomic E-state index is 4.33. The topological polar surface area (TPSA) is 60.6 Å². The summed E-state index contributed by atoms with van der Waals surface area (Å²) in [4.78, 5) is 0. The molecule has 0 amide bonds. The van der Waals surface area contributed by atoms with Crippen LogP contribution in [0.1, 0.15) is 36.3 Å². The van der Waals surface area contributed by atoms with Gasteiger partial charge in [0.15, 0.2) is 0 Å². The third-order valence-corrected chi connectivity index (χ3v) is 3.35. The molecule has 2 aromatic heterocycles. The van der Waals surface area contributed by atoms with Crippen molar-refractivity contribution in [3.05, 3.63) is 29.3 Å². The van der Waals surface area contributed by atoms with Crippen LogP contribution in [0, 0.1) is 6.92 Å². The first-order valence-electron chi connectivity index (χ1n) is 6.69. The van der Waals surface area contributed by atoms with E-state index >= 15 is 0 Å². The first-order valence-corrected chi connectivity index (χ1v) is 6.69. The van der Waals surface area contributed by atoms with E-state index in [9.17, 15) is 0 Å². The molecule has 1 atom stereocenters. The molecule has 0 fully saturated rings. The molecule has 0 aliphatic carbocycles. The van der Waals surface area contributed by atoms with Crippen LogP contribution in [0.4, 0.5) is 0 Å². The van der Waals surface area contributed by atoms with Crippen LogP contribution in [-0.4, -0.2) is 31.3 Å². The van der Waals surface area contributed by atoms with Crippen LogP contribution in [0.25, 0.3) is 0 Å². The van der Waals surface area contributed by atoms with E-state index in [2.05, 4.69) is 34.6 Å². The highest BCUT2D eigenvalue weighted by Gasteiger charge is 2.18. The summed E-state index contributed by atoms with van der Waals surface area (Å²) in [5, 5.41) is 16.1.